The predicted molar refractivity (Wildman–Crippen MR) is 124 cm³/mol. The van der Waals surface area contributed by atoms with E-state index < -0.39 is 0 Å². The fourth-order valence-electron chi connectivity index (χ4n) is 4.77. The number of thiophene rings is 1. The van der Waals surface area contributed by atoms with Crippen molar-refractivity contribution in [2.24, 2.45) is 5.92 Å². The molecular weight excluding hydrogens is 388 g/mol. The monoisotopic (exact) mass is 414 g/mol. The molecule has 2 aliphatic rings. The second kappa shape index (κ2) is 8.11. The molecule has 0 fully saturated rings. The maximum atomic E-state index is 13.1. The van der Waals surface area contributed by atoms with Gasteiger partial charge in [0, 0.05) is 22.2 Å². The number of carbonyl (C=O) groups excluding carboxylic acids is 1. The minimum absolute atomic E-state index is 0.00295. The molecule has 2 aromatic carbocycles. The average molecular weight is 415 g/mol. The summed E-state index contributed by atoms with van der Waals surface area (Å²) >= 11 is 1.85. The van der Waals surface area contributed by atoms with Crippen molar-refractivity contribution in [3.05, 3.63) is 99.3 Å². The number of hydrogen-bond donors (Lipinski definition) is 2. The standard InChI is InChI=1S/C26H26N2OS/c1-17-13-14-23(30-17)25-21-11-5-9-19(21)20-10-6-12-22(24(20)28-25)26(29)27-16-15-18-7-3-2-4-8-18/h2-10,12-14,19,21,25,28H,11,15-16H2,1H3,(H,27,29). The van der Waals surface area contributed by atoms with Gasteiger partial charge in [0.1, 0.15) is 0 Å². The summed E-state index contributed by atoms with van der Waals surface area (Å²) in [6, 6.07) is 21.1. The number of fused-ring (bicyclic) bond motifs is 3. The zero-order chi connectivity index (χ0) is 20.5. The molecule has 3 aromatic rings. The number of hydrogen-bond acceptors (Lipinski definition) is 3. The van der Waals surface area contributed by atoms with Crippen molar-refractivity contribution in [1.82, 2.24) is 5.32 Å². The molecule has 0 bridgehead atoms. The van der Waals surface area contributed by atoms with Gasteiger partial charge in [-0.3, -0.25) is 4.79 Å². The highest BCUT2D eigenvalue weighted by molar-refractivity contribution is 7.12. The van der Waals surface area contributed by atoms with E-state index in [0.29, 0.717) is 18.4 Å². The summed E-state index contributed by atoms with van der Waals surface area (Å²) < 4.78 is 0. The summed E-state index contributed by atoms with van der Waals surface area (Å²) in [5.74, 6) is 0.870. The molecule has 0 radical (unpaired) electrons. The summed E-state index contributed by atoms with van der Waals surface area (Å²) in [6.45, 7) is 2.78. The molecule has 0 saturated heterocycles. The third kappa shape index (κ3) is 3.56. The Bertz CT molecular complexity index is 1090. The molecule has 1 amide bonds. The van der Waals surface area contributed by atoms with Gasteiger partial charge in [-0.1, -0.05) is 54.6 Å². The Labute approximate surface area is 181 Å². The lowest BCUT2D eigenvalue weighted by atomic mass is 9.78. The van der Waals surface area contributed by atoms with Crippen LogP contribution in [0, 0.1) is 12.8 Å². The van der Waals surface area contributed by atoms with Gasteiger partial charge in [-0.2, -0.15) is 0 Å². The van der Waals surface area contributed by atoms with E-state index in [1.807, 2.05) is 41.7 Å². The van der Waals surface area contributed by atoms with E-state index in [-0.39, 0.29) is 11.9 Å². The molecule has 152 valence electrons. The number of anilines is 1. The van der Waals surface area contributed by atoms with Gasteiger partial charge in [0.25, 0.3) is 5.91 Å². The zero-order valence-corrected chi connectivity index (χ0v) is 17.9. The van der Waals surface area contributed by atoms with Crippen LogP contribution >= 0.6 is 11.3 Å². The summed E-state index contributed by atoms with van der Waals surface area (Å²) in [5, 5.41) is 6.89. The number of rotatable bonds is 5. The van der Waals surface area contributed by atoms with Crippen molar-refractivity contribution < 1.29 is 4.79 Å². The molecule has 4 heteroatoms. The van der Waals surface area contributed by atoms with Crippen LogP contribution < -0.4 is 10.6 Å². The van der Waals surface area contributed by atoms with Gasteiger partial charge < -0.3 is 10.6 Å². The largest absolute Gasteiger partial charge is 0.376 e. The number of benzene rings is 2. The number of amides is 1. The molecule has 0 spiro atoms. The zero-order valence-electron chi connectivity index (χ0n) is 17.1. The van der Waals surface area contributed by atoms with Gasteiger partial charge >= 0.3 is 0 Å². The Morgan fingerprint density at radius 2 is 1.97 bits per heavy atom. The molecular formula is C26H26N2OS. The first-order valence-corrected chi connectivity index (χ1v) is 11.5. The van der Waals surface area contributed by atoms with Gasteiger partial charge in [0.15, 0.2) is 0 Å². The van der Waals surface area contributed by atoms with Crippen LogP contribution in [-0.4, -0.2) is 12.5 Å². The van der Waals surface area contributed by atoms with Crippen molar-refractivity contribution in [3.8, 4) is 0 Å². The fourth-order valence-corrected chi connectivity index (χ4v) is 5.78. The fraction of sp³-hybridized carbons (Fsp3) is 0.269. The van der Waals surface area contributed by atoms with Gasteiger partial charge in [0.2, 0.25) is 0 Å². The van der Waals surface area contributed by atoms with Gasteiger partial charge in [-0.05, 0) is 55.0 Å². The molecule has 2 N–H and O–H groups in total. The maximum absolute atomic E-state index is 13.1. The lowest BCUT2D eigenvalue weighted by Crippen LogP contribution is -2.32. The number of carbonyl (C=O) groups is 1. The van der Waals surface area contributed by atoms with E-state index in [4.69, 9.17) is 0 Å². The van der Waals surface area contributed by atoms with Crippen LogP contribution in [0.25, 0.3) is 0 Å². The SMILES string of the molecule is Cc1ccc(C2Nc3c(C(=O)NCCc4ccccc4)cccc3C3C=CCC32)s1. The molecule has 1 aromatic heterocycles. The smallest absolute Gasteiger partial charge is 0.253 e. The van der Waals surface area contributed by atoms with E-state index in [1.54, 1.807) is 0 Å². The van der Waals surface area contributed by atoms with Crippen molar-refractivity contribution in [2.45, 2.75) is 31.7 Å². The Balaban J connectivity index is 1.40. The molecule has 3 unspecified atom stereocenters. The molecule has 1 aliphatic carbocycles. The summed E-state index contributed by atoms with van der Waals surface area (Å²) in [6.07, 6.45) is 6.53. The Morgan fingerprint density at radius 3 is 2.77 bits per heavy atom. The third-order valence-corrected chi connectivity index (χ3v) is 7.33. The number of allylic oxidation sites excluding steroid dienone is 2. The predicted octanol–water partition coefficient (Wildman–Crippen LogP) is 5.86. The molecule has 30 heavy (non-hydrogen) atoms. The van der Waals surface area contributed by atoms with Gasteiger partial charge in [-0.25, -0.2) is 0 Å². The lowest BCUT2D eigenvalue weighted by Gasteiger charge is -2.37. The Morgan fingerprint density at radius 1 is 1.10 bits per heavy atom. The van der Waals surface area contributed by atoms with E-state index in [1.165, 1.54) is 20.9 Å². The molecule has 1 aliphatic heterocycles. The Hall–Kier alpha value is -2.85. The van der Waals surface area contributed by atoms with Crippen molar-refractivity contribution >= 4 is 22.9 Å². The second-order valence-electron chi connectivity index (χ2n) is 8.19. The molecule has 5 rings (SSSR count). The van der Waals surface area contributed by atoms with Crippen LogP contribution in [0.5, 0.6) is 0 Å². The normalized spacial score (nSPS) is 21.6. The molecule has 0 saturated carbocycles. The van der Waals surface area contributed by atoms with Crippen LogP contribution in [0.2, 0.25) is 0 Å². The summed E-state index contributed by atoms with van der Waals surface area (Å²) in [4.78, 5) is 15.8. The minimum Gasteiger partial charge on any atom is -0.376 e. The topological polar surface area (TPSA) is 41.1 Å². The van der Waals surface area contributed by atoms with E-state index in [9.17, 15) is 4.79 Å². The van der Waals surface area contributed by atoms with E-state index >= 15 is 0 Å². The lowest BCUT2D eigenvalue weighted by molar-refractivity contribution is 0.0954. The van der Waals surface area contributed by atoms with Crippen LogP contribution in [0.1, 0.15) is 49.6 Å². The van der Waals surface area contributed by atoms with Crippen molar-refractivity contribution in [2.75, 3.05) is 11.9 Å². The quantitative estimate of drug-likeness (QED) is 0.514. The van der Waals surface area contributed by atoms with Crippen molar-refractivity contribution in [1.29, 1.82) is 0 Å². The highest BCUT2D eigenvalue weighted by atomic mass is 32.1. The second-order valence-corrected chi connectivity index (χ2v) is 9.50. The first-order valence-electron chi connectivity index (χ1n) is 10.7. The summed E-state index contributed by atoms with van der Waals surface area (Å²) in [5.41, 5.74) is 4.23. The molecule has 3 atom stereocenters. The first-order chi connectivity index (χ1) is 14.7. The Kier molecular flexibility index (Phi) is 5.17. The number of para-hydroxylation sites is 1. The van der Waals surface area contributed by atoms with Gasteiger partial charge in [-0.15, -0.1) is 11.3 Å². The van der Waals surface area contributed by atoms with Crippen LogP contribution in [-0.2, 0) is 6.42 Å². The van der Waals surface area contributed by atoms with Crippen LogP contribution in [0.15, 0.2) is 72.8 Å². The minimum atomic E-state index is -0.00295. The van der Waals surface area contributed by atoms with E-state index in [2.05, 4.69) is 60.0 Å². The van der Waals surface area contributed by atoms with Crippen LogP contribution in [0.3, 0.4) is 0 Å². The highest BCUT2D eigenvalue weighted by Gasteiger charge is 2.39. The van der Waals surface area contributed by atoms with Gasteiger partial charge in [0.05, 0.1) is 17.3 Å². The first kappa shape index (κ1) is 19.1. The van der Waals surface area contributed by atoms with E-state index in [0.717, 1.165) is 24.1 Å². The molecule has 3 nitrogen and oxygen atoms in total. The van der Waals surface area contributed by atoms with Crippen molar-refractivity contribution in [3.63, 3.8) is 0 Å². The third-order valence-electron chi connectivity index (χ3n) is 6.25. The maximum Gasteiger partial charge on any atom is 0.253 e. The number of aryl methyl sites for hydroxylation is 1. The molecule has 2 heterocycles. The average Bonchev–Trinajstić information content (AvgIpc) is 3.43. The summed E-state index contributed by atoms with van der Waals surface area (Å²) in [7, 11) is 0. The van der Waals surface area contributed by atoms with Crippen LogP contribution in [0.4, 0.5) is 5.69 Å². The number of nitrogens with one attached hydrogen (secondary N) is 2. The highest BCUT2D eigenvalue weighted by Crippen LogP contribution is 2.51.